The Bertz CT molecular complexity index is 863. The van der Waals surface area contributed by atoms with Gasteiger partial charge in [-0.25, -0.2) is 0 Å². The lowest BCUT2D eigenvalue weighted by molar-refractivity contribution is -0.117. The van der Waals surface area contributed by atoms with Gasteiger partial charge in [0.05, 0.1) is 6.42 Å². The van der Waals surface area contributed by atoms with E-state index in [2.05, 4.69) is 5.32 Å². The number of rotatable bonds is 5. The molecule has 0 fully saturated rings. The Morgan fingerprint density at radius 2 is 1.96 bits per heavy atom. The summed E-state index contributed by atoms with van der Waals surface area (Å²) in [4.78, 5) is 37.6. The highest BCUT2D eigenvalue weighted by molar-refractivity contribution is 6.30. The summed E-state index contributed by atoms with van der Waals surface area (Å²) in [6, 6.07) is 11.9. The summed E-state index contributed by atoms with van der Waals surface area (Å²) in [5, 5.41) is 3.20. The highest BCUT2D eigenvalue weighted by Gasteiger charge is 2.24. The topological polar surface area (TPSA) is 66.5 Å². The van der Waals surface area contributed by atoms with Crippen molar-refractivity contribution in [2.24, 2.45) is 0 Å². The SMILES string of the molecule is CN1C(=O)Cc2cc(C(=O)CCNC(=O)c3cccc(Cl)c3)ccc21. The Hall–Kier alpha value is -2.66. The minimum atomic E-state index is -0.267. The number of hydrogen-bond donors (Lipinski definition) is 1. The molecule has 1 N–H and O–H groups in total. The fourth-order valence-corrected chi connectivity index (χ4v) is 3.00. The number of carbonyl (C=O) groups is 3. The number of amides is 2. The zero-order chi connectivity index (χ0) is 18.0. The van der Waals surface area contributed by atoms with E-state index in [0.29, 0.717) is 22.6 Å². The number of nitrogens with zero attached hydrogens (tertiary/aromatic N) is 1. The van der Waals surface area contributed by atoms with Crippen LogP contribution in [0.25, 0.3) is 0 Å². The van der Waals surface area contributed by atoms with Crippen LogP contribution in [-0.4, -0.2) is 31.2 Å². The Kier molecular flexibility index (Phi) is 4.86. The lowest BCUT2D eigenvalue weighted by Gasteiger charge is -2.10. The largest absolute Gasteiger partial charge is 0.352 e. The number of hydrogen-bond acceptors (Lipinski definition) is 3. The second kappa shape index (κ2) is 7.07. The summed E-state index contributed by atoms with van der Waals surface area (Å²) in [7, 11) is 1.72. The number of halogens is 1. The number of benzene rings is 2. The van der Waals surface area contributed by atoms with Crippen molar-refractivity contribution >= 4 is 34.9 Å². The maximum Gasteiger partial charge on any atom is 0.251 e. The zero-order valence-corrected chi connectivity index (χ0v) is 14.5. The molecule has 0 saturated carbocycles. The molecule has 2 aromatic carbocycles. The van der Waals surface area contributed by atoms with Crippen LogP contribution in [0.2, 0.25) is 5.02 Å². The van der Waals surface area contributed by atoms with E-state index in [1.165, 1.54) is 0 Å². The molecule has 0 aromatic heterocycles. The predicted octanol–water partition coefficient (Wildman–Crippen LogP) is 2.86. The first-order valence-electron chi connectivity index (χ1n) is 7.92. The van der Waals surface area contributed by atoms with Crippen LogP contribution < -0.4 is 10.2 Å². The van der Waals surface area contributed by atoms with Crippen LogP contribution in [0.5, 0.6) is 0 Å². The molecule has 128 valence electrons. The van der Waals surface area contributed by atoms with Gasteiger partial charge in [0.1, 0.15) is 0 Å². The third-order valence-corrected chi connectivity index (χ3v) is 4.44. The molecule has 2 amide bonds. The van der Waals surface area contributed by atoms with Crippen molar-refractivity contribution < 1.29 is 14.4 Å². The van der Waals surface area contributed by atoms with Crippen molar-refractivity contribution in [3.05, 3.63) is 64.2 Å². The summed E-state index contributed by atoms with van der Waals surface area (Å²) < 4.78 is 0. The standard InChI is InChI=1S/C19H17ClN2O3/c1-22-16-6-5-12(9-14(16)11-18(22)24)17(23)7-8-21-19(25)13-3-2-4-15(20)10-13/h2-6,9-10H,7-8,11H2,1H3,(H,21,25). The molecule has 25 heavy (non-hydrogen) atoms. The van der Waals surface area contributed by atoms with E-state index in [4.69, 9.17) is 11.6 Å². The van der Waals surface area contributed by atoms with Gasteiger partial charge in [0.15, 0.2) is 5.78 Å². The molecule has 1 aliphatic rings. The summed E-state index contributed by atoms with van der Waals surface area (Å²) in [6.45, 7) is 0.236. The number of Topliss-reactive ketones (excluding diaryl/α,β-unsaturated/α-hetero) is 1. The number of carbonyl (C=O) groups excluding carboxylic acids is 3. The Balaban J connectivity index is 1.58. The molecule has 2 aromatic rings. The highest BCUT2D eigenvalue weighted by atomic mass is 35.5. The van der Waals surface area contributed by atoms with Crippen molar-refractivity contribution in [2.75, 3.05) is 18.5 Å². The molecule has 5 nitrogen and oxygen atoms in total. The normalized spacial score (nSPS) is 12.9. The molecular weight excluding hydrogens is 340 g/mol. The van der Waals surface area contributed by atoms with Gasteiger partial charge in [-0.15, -0.1) is 0 Å². The van der Waals surface area contributed by atoms with Gasteiger partial charge >= 0.3 is 0 Å². The molecule has 0 aliphatic carbocycles. The molecule has 1 heterocycles. The summed E-state index contributed by atoms with van der Waals surface area (Å²) in [6.07, 6.45) is 0.507. The van der Waals surface area contributed by atoms with E-state index in [9.17, 15) is 14.4 Å². The first-order chi connectivity index (χ1) is 12.0. The van der Waals surface area contributed by atoms with Crippen molar-refractivity contribution in [1.29, 1.82) is 0 Å². The van der Waals surface area contributed by atoms with Crippen LogP contribution in [0, 0.1) is 0 Å². The molecule has 0 saturated heterocycles. The van der Waals surface area contributed by atoms with E-state index in [1.54, 1.807) is 54.4 Å². The lowest BCUT2D eigenvalue weighted by atomic mass is 10.0. The maximum atomic E-state index is 12.3. The van der Waals surface area contributed by atoms with E-state index < -0.39 is 0 Å². The van der Waals surface area contributed by atoms with Gasteiger partial charge in [-0.3, -0.25) is 14.4 Å². The Morgan fingerprint density at radius 1 is 1.16 bits per heavy atom. The van der Waals surface area contributed by atoms with Crippen LogP contribution >= 0.6 is 11.6 Å². The average Bonchev–Trinajstić information content (AvgIpc) is 2.88. The molecular formula is C19H17ClN2O3. The van der Waals surface area contributed by atoms with Crippen molar-refractivity contribution in [3.8, 4) is 0 Å². The van der Waals surface area contributed by atoms with E-state index >= 15 is 0 Å². The molecule has 0 spiro atoms. The molecule has 0 bridgehead atoms. The second-order valence-corrected chi connectivity index (χ2v) is 6.35. The molecule has 3 rings (SSSR count). The van der Waals surface area contributed by atoms with Gasteiger partial charge in [0.25, 0.3) is 5.91 Å². The second-order valence-electron chi connectivity index (χ2n) is 5.91. The highest BCUT2D eigenvalue weighted by Crippen LogP contribution is 2.28. The first kappa shape index (κ1) is 17.2. The number of fused-ring (bicyclic) bond motifs is 1. The fraction of sp³-hybridized carbons (Fsp3) is 0.211. The number of ketones is 1. The van der Waals surface area contributed by atoms with E-state index in [-0.39, 0.29) is 30.6 Å². The van der Waals surface area contributed by atoms with Crippen molar-refractivity contribution in [2.45, 2.75) is 12.8 Å². The monoisotopic (exact) mass is 356 g/mol. The van der Waals surface area contributed by atoms with Crippen LogP contribution in [-0.2, 0) is 11.2 Å². The number of nitrogens with one attached hydrogen (secondary N) is 1. The maximum absolute atomic E-state index is 12.3. The first-order valence-corrected chi connectivity index (χ1v) is 8.30. The molecule has 0 unspecified atom stereocenters. The Morgan fingerprint density at radius 3 is 2.72 bits per heavy atom. The third kappa shape index (κ3) is 3.72. The molecule has 1 aliphatic heterocycles. The minimum absolute atomic E-state index is 0.0217. The number of anilines is 1. The molecule has 0 atom stereocenters. The predicted molar refractivity (Wildman–Crippen MR) is 96.3 cm³/mol. The van der Waals surface area contributed by atoms with Gasteiger partial charge < -0.3 is 10.2 Å². The van der Waals surface area contributed by atoms with Crippen LogP contribution in [0.4, 0.5) is 5.69 Å². The van der Waals surface area contributed by atoms with Crippen LogP contribution in [0.1, 0.15) is 32.7 Å². The van der Waals surface area contributed by atoms with Crippen LogP contribution in [0.15, 0.2) is 42.5 Å². The molecule has 6 heteroatoms. The number of likely N-dealkylation sites (N-methyl/N-ethyl adjacent to an activating group) is 1. The van der Waals surface area contributed by atoms with Gasteiger partial charge in [0.2, 0.25) is 5.91 Å². The van der Waals surface area contributed by atoms with E-state index in [1.807, 2.05) is 0 Å². The van der Waals surface area contributed by atoms with Crippen molar-refractivity contribution in [1.82, 2.24) is 5.32 Å². The van der Waals surface area contributed by atoms with E-state index in [0.717, 1.165) is 11.3 Å². The molecule has 0 radical (unpaired) electrons. The summed E-state index contributed by atoms with van der Waals surface area (Å²) in [5.41, 5.74) is 2.72. The van der Waals surface area contributed by atoms with Gasteiger partial charge in [-0.05, 0) is 42.0 Å². The smallest absolute Gasteiger partial charge is 0.251 e. The Labute approximate surface area is 150 Å². The lowest BCUT2D eigenvalue weighted by Crippen LogP contribution is -2.26. The fourth-order valence-electron chi connectivity index (χ4n) is 2.81. The summed E-state index contributed by atoms with van der Waals surface area (Å²) in [5.74, 6) is -0.318. The zero-order valence-electron chi connectivity index (χ0n) is 13.7. The average molecular weight is 357 g/mol. The van der Waals surface area contributed by atoms with Crippen LogP contribution in [0.3, 0.4) is 0 Å². The third-order valence-electron chi connectivity index (χ3n) is 4.20. The van der Waals surface area contributed by atoms with Gasteiger partial charge in [-0.2, -0.15) is 0 Å². The van der Waals surface area contributed by atoms with Crippen molar-refractivity contribution in [3.63, 3.8) is 0 Å². The quantitative estimate of drug-likeness (QED) is 0.838. The minimum Gasteiger partial charge on any atom is -0.352 e. The van der Waals surface area contributed by atoms with Gasteiger partial charge in [-0.1, -0.05) is 17.7 Å². The van der Waals surface area contributed by atoms with Gasteiger partial charge in [0, 0.05) is 41.9 Å². The summed E-state index contributed by atoms with van der Waals surface area (Å²) >= 11 is 5.86.